The van der Waals surface area contributed by atoms with Gasteiger partial charge in [-0.15, -0.1) is 11.3 Å². The molecule has 5 N–H and O–H groups in total. The molecule has 1 aromatic heterocycles. The van der Waals surface area contributed by atoms with E-state index >= 15 is 0 Å². The van der Waals surface area contributed by atoms with Gasteiger partial charge in [-0.2, -0.15) is 0 Å². The zero-order valence-corrected chi connectivity index (χ0v) is 35.0. The summed E-state index contributed by atoms with van der Waals surface area (Å²) in [4.78, 5) is 74.9. The number of thiazole rings is 1. The monoisotopic (exact) mass is 784 g/mol. The van der Waals surface area contributed by atoms with Crippen LogP contribution in [0.2, 0.25) is 0 Å². The van der Waals surface area contributed by atoms with Crippen molar-refractivity contribution in [3.63, 3.8) is 0 Å². The summed E-state index contributed by atoms with van der Waals surface area (Å²) in [6, 6.07) is 5.55. The lowest BCUT2D eigenvalue weighted by atomic mass is 9.83. The van der Waals surface area contributed by atoms with E-state index < -0.39 is 53.5 Å². The molecule has 2 heterocycles. The minimum atomic E-state index is -0.962. The van der Waals surface area contributed by atoms with Crippen molar-refractivity contribution in [2.75, 3.05) is 25.9 Å². The highest BCUT2D eigenvalue weighted by atomic mass is 32.1. The van der Waals surface area contributed by atoms with Crippen LogP contribution >= 0.6 is 11.3 Å². The second-order valence-corrected chi connectivity index (χ2v) is 16.4. The van der Waals surface area contributed by atoms with Gasteiger partial charge in [-0.25, -0.2) is 4.98 Å². The minimum absolute atomic E-state index is 0.0604. The number of hydrogen-bond donors (Lipinski definition) is 4. The molecule has 1 fully saturated rings. The van der Waals surface area contributed by atoms with Gasteiger partial charge in [0, 0.05) is 43.0 Å². The first-order chi connectivity index (χ1) is 26.0. The second-order valence-electron chi connectivity index (χ2n) is 15.5. The van der Waals surface area contributed by atoms with Gasteiger partial charge in [-0.1, -0.05) is 60.1 Å². The molecule has 1 aromatic carbocycles. The average molecular weight is 785 g/mol. The summed E-state index contributed by atoms with van der Waals surface area (Å²) in [5, 5.41) is 17.8. The van der Waals surface area contributed by atoms with Crippen molar-refractivity contribution in [1.29, 1.82) is 0 Å². The number of nitrogens with one attached hydrogen (secondary N) is 2. The van der Waals surface area contributed by atoms with E-state index in [9.17, 15) is 29.1 Å². The standard InChI is InChI=1S/C41H64N6O7S/c1-10-26(6)35(45-40(53)41(11-2)19-13-14-20-46(41)9)38(50)47(12-3)33(25(4)5)23-34(54-28(8)48)37-44-32(24-55-37)36(49)43-31(21-27(7)39(51)52)22-29-15-17-30(42)18-16-29/h15-18,24-27,31,33-35H,10-14,19-23,42H2,1-9H3,(H,43,49)(H,45,53)(H,51,52)/t26-,27-,31+,33+,34+,35-,41+/m0/s1. The predicted molar refractivity (Wildman–Crippen MR) is 215 cm³/mol. The number of nitrogens with zero attached hydrogens (tertiary/aromatic N) is 3. The molecular weight excluding hydrogens is 721 g/mol. The lowest BCUT2D eigenvalue weighted by molar-refractivity contribution is -0.150. The number of aliphatic carboxylic acids is 1. The van der Waals surface area contributed by atoms with E-state index in [4.69, 9.17) is 10.5 Å². The topological polar surface area (TPSA) is 184 Å². The number of anilines is 1. The average Bonchev–Trinajstić information content (AvgIpc) is 3.64. The Hall–Kier alpha value is -4.04. The molecule has 3 amide bonds. The summed E-state index contributed by atoms with van der Waals surface area (Å²) in [5.74, 6) is -3.16. The molecule has 0 saturated carbocycles. The Labute approximate surface area is 331 Å². The molecule has 1 aliphatic rings. The maximum absolute atomic E-state index is 14.6. The zero-order chi connectivity index (χ0) is 41.0. The van der Waals surface area contributed by atoms with Crippen molar-refractivity contribution in [1.82, 2.24) is 25.4 Å². The summed E-state index contributed by atoms with van der Waals surface area (Å²) in [5.41, 5.74) is 6.78. The number of nitrogens with two attached hydrogens (primary N) is 1. The molecule has 0 spiro atoms. The molecule has 7 atom stereocenters. The maximum atomic E-state index is 14.6. The Morgan fingerprint density at radius 1 is 1.04 bits per heavy atom. The Morgan fingerprint density at radius 2 is 1.71 bits per heavy atom. The molecule has 0 radical (unpaired) electrons. The number of ether oxygens (including phenoxy) is 1. The number of rotatable bonds is 20. The number of likely N-dealkylation sites (tertiary alicyclic amines) is 1. The molecule has 2 aromatic rings. The van der Waals surface area contributed by atoms with E-state index in [1.807, 2.05) is 60.7 Å². The van der Waals surface area contributed by atoms with Gasteiger partial charge in [0.2, 0.25) is 11.8 Å². The van der Waals surface area contributed by atoms with Gasteiger partial charge in [0.15, 0.2) is 6.10 Å². The molecule has 14 heteroatoms. The molecule has 55 heavy (non-hydrogen) atoms. The second kappa shape index (κ2) is 20.8. The van der Waals surface area contributed by atoms with Gasteiger partial charge < -0.3 is 31.1 Å². The molecule has 0 unspecified atom stereocenters. The van der Waals surface area contributed by atoms with Crippen molar-refractivity contribution in [3.05, 3.63) is 45.9 Å². The van der Waals surface area contributed by atoms with Crippen molar-refractivity contribution < 1.29 is 33.8 Å². The zero-order valence-electron chi connectivity index (χ0n) is 34.2. The highest BCUT2D eigenvalue weighted by Gasteiger charge is 2.45. The molecule has 0 bridgehead atoms. The number of nitrogen functional groups attached to an aromatic ring is 1. The molecule has 13 nitrogen and oxygen atoms in total. The number of piperidine rings is 1. The lowest BCUT2D eigenvalue weighted by Crippen LogP contribution is -2.64. The summed E-state index contributed by atoms with van der Waals surface area (Å²) < 4.78 is 5.83. The fraction of sp³-hybridized carbons (Fsp3) is 0.659. The molecule has 3 rings (SSSR count). The number of hydrogen-bond acceptors (Lipinski definition) is 10. The molecule has 0 aliphatic carbocycles. The lowest BCUT2D eigenvalue weighted by Gasteiger charge is -2.45. The highest BCUT2D eigenvalue weighted by Crippen LogP contribution is 2.33. The van der Waals surface area contributed by atoms with Gasteiger partial charge in [0.1, 0.15) is 16.7 Å². The first-order valence-electron chi connectivity index (χ1n) is 19.8. The normalized spacial score (nSPS) is 19.4. The number of carbonyl (C=O) groups is 5. The van der Waals surface area contributed by atoms with Crippen LogP contribution in [-0.4, -0.2) is 93.4 Å². The van der Waals surface area contributed by atoms with Gasteiger partial charge in [-0.3, -0.25) is 28.9 Å². The molecule has 306 valence electrons. The van der Waals surface area contributed by atoms with E-state index in [0.29, 0.717) is 36.5 Å². The molecule has 1 aliphatic heterocycles. The summed E-state index contributed by atoms with van der Waals surface area (Å²) >= 11 is 1.18. The van der Waals surface area contributed by atoms with Crippen LogP contribution in [0.4, 0.5) is 5.69 Å². The van der Waals surface area contributed by atoms with Crippen LogP contribution < -0.4 is 16.4 Å². The predicted octanol–water partition coefficient (Wildman–Crippen LogP) is 5.84. The van der Waals surface area contributed by atoms with Gasteiger partial charge in [-0.05, 0) is 88.6 Å². The number of benzene rings is 1. The first-order valence-corrected chi connectivity index (χ1v) is 20.7. The Bertz CT molecular complexity index is 1600. The number of likely N-dealkylation sites (N-methyl/N-ethyl adjacent to an activating group) is 2. The highest BCUT2D eigenvalue weighted by molar-refractivity contribution is 7.09. The fourth-order valence-corrected chi connectivity index (χ4v) is 8.43. The van der Waals surface area contributed by atoms with Crippen LogP contribution in [0.1, 0.15) is 127 Å². The van der Waals surface area contributed by atoms with Crippen LogP contribution in [0, 0.1) is 17.8 Å². The largest absolute Gasteiger partial charge is 0.481 e. The van der Waals surface area contributed by atoms with Gasteiger partial charge in [0.25, 0.3) is 5.91 Å². The van der Waals surface area contributed by atoms with Crippen LogP contribution in [0.3, 0.4) is 0 Å². The van der Waals surface area contributed by atoms with Crippen molar-refractivity contribution in [2.24, 2.45) is 17.8 Å². The van der Waals surface area contributed by atoms with Crippen LogP contribution in [0.25, 0.3) is 0 Å². The number of amides is 3. The summed E-state index contributed by atoms with van der Waals surface area (Å²) in [7, 11) is 1.98. The number of carboxylic acid groups (broad SMARTS) is 1. The van der Waals surface area contributed by atoms with Crippen LogP contribution in [-0.2, 0) is 30.3 Å². The van der Waals surface area contributed by atoms with E-state index in [1.165, 1.54) is 18.3 Å². The van der Waals surface area contributed by atoms with Crippen molar-refractivity contribution >= 4 is 46.7 Å². The molecule has 1 saturated heterocycles. The van der Waals surface area contributed by atoms with Crippen LogP contribution in [0.5, 0.6) is 0 Å². The van der Waals surface area contributed by atoms with E-state index in [-0.39, 0.29) is 42.2 Å². The quantitative estimate of drug-likeness (QED) is 0.0940. The van der Waals surface area contributed by atoms with Crippen LogP contribution in [0.15, 0.2) is 29.6 Å². The SMILES string of the molecule is CC[C@H](C)[C@H](NC(=O)[C@@]1(CC)CCCCN1C)C(=O)N(CC)[C@H](C[C@@H](OC(C)=O)c1nc(C(=O)N[C@@H](Cc2ccc(N)cc2)C[C@H](C)C(=O)O)cs1)C(C)C. The smallest absolute Gasteiger partial charge is 0.306 e. The number of carboxylic acids is 1. The minimum Gasteiger partial charge on any atom is -0.481 e. The van der Waals surface area contributed by atoms with E-state index in [2.05, 4.69) is 20.5 Å². The van der Waals surface area contributed by atoms with Crippen molar-refractivity contribution in [3.8, 4) is 0 Å². The fourth-order valence-electron chi connectivity index (χ4n) is 7.59. The summed E-state index contributed by atoms with van der Waals surface area (Å²) in [6.45, 7) is 16.0. The molecular formula is C41H64N6O7S. The Balaban J connectivity index is 1.88. The number of carbonyl (C=O) groups excluding carboxylic acids is 4. The van der Waals surface area contributed by atoms with Gasteiger partial charge >= 0.3 is 11.9 Å². The third-order valence-corrected chi connectivity index (χ3v) is 12.2. The summed E-state index contributed by atoms with van der Waals surface area (Å²) in [6.07, 6.45) is 4.02. The number of aromatic nitrogens is 1. The first kappa shape index (κ1) is 45.4. The van der Waals surface area contributed by atoms with Gasteiger partial charge in [0.05, 0.1) is 11.5 Å². The third-order valence-electron chi connectivity index (χ3n) is 11.3. The number of esters is 1. The van der Waals surface area contributed by atoms with E-state index in [0.717, 1.165) is 31.4 Å². The Kier molecular flexibility index (Phi) is 17.1. The van der Waals surface area contributed by atoms with Crippen molar-refractivity contribution in [2.45, 2.75) is 137 Å². The maximum Gasteiger partial charge on any atom is 0.306 e. The Morgan fingerprint density at radius 3 is 2.25 bits per heavy atom. The van der Waals surface area contributed by atoms with E-state index in [1.54, 1.807) is 29.3 Å². The third kappa shape index (κ3) is 12.0.